The van der Waals surface area contributed by atoms with E-state index in [1.165, 1.54) is 4.88 Å². The quantitative estimate of drug-likeness (QED) is 0.810. The highest BCUT2D eigenvalue weighted by atomic mass is 32.1. The smallest absolute Gasteiger partial charge is 0.224 e. The van der Waals surface area contributed by atoms with Crippen LogP contribution in [0.5, 0.6) is 5.75 Å². The van der Waals surface area contributed by atoms with Crippen LogP contribution in [0, 0.1) is 0 Å². The van der Waals surface area contributed by atoms with E-state index in [9.17, 15) is 4.79 Å². The van der Waals surface area contributed by atoms with E-state index >= 15 is 0 Å². The molecular weight excluding hydrogens is 348 g/mol. The Kier molecular flexibility index (Phi) is 6.66. The number of rotatable bonds is 7. The zero-order chi connectivity index (χ0) is 18.4. The average molecular weight is 375 g/mol. The summed E-state index contributed by atoms with van der Waals surface area (Å²) in [6, 6.07) is 12.1. The second-order valence-corrected chi connectivity index (χ2v) is 7.47. The van der Waals surface area contributed by atoms with Crippen LogP contribution < -0.4 is 10.1 Å². The van der Waals surface area contributed by atoms with Gasteiger partial charge in [-0.05, 0) is 36.1 Å². The van der Waals surface area contributed by atoms with Crippen molar-refractivity contribution in [2.45, 2.75) is 25.4 Å². The lowest BCUT2D eigenvalue weighted by Gasteiger charge is -2.37. The summed E-state index contributed by atoms with van der Waals surface area (Å²) in [5.74, 6) is 0.838. The number of nitrogens with one attached hydrogen (secondary N) is 1. The Labute approximate surface area is 158 Å². The highest BCUT2D eigenvalue weighted by Gasteiger charge is 2.29. The van der Waals surface area contributed by atoms with Gasteiger partial charge >= 0.3 is 0 Å². The molecule has 1 aliphatic rings. The highest BCUT2D eigenvalue weighted by molar-refractivity contribution is 7.10. The summed E-state index contributed by atoms with van der Waals surface area (Å²) in [6.45, 7) is 5.36. The maximum Gasteiger partial charge on any atom is 0.224 e. The van der Waals surface area contributed by atoms with Gasteiger partial charge in [-0.3, -0.25) is 9.69 Å². The van der Waals surface area contributed by atoms with Gasteiger partial charge in [-0.25, -0.2) is 0 Å². The molecule has 1 aromatic heterocycles. The monoisotopic (exact) mass is 374 g/mol. The lowest BCUT2D eigenvalue weighted by molar-refractivity contribution is -0.121. The van der Waals surface area contributed by atoms with Crippen molar-refractivity contribution in [2.75, 3.05) is 33.4 Å². The number of carbonyl (C=O) groups is 1. The zero-order valence-electron chi connectivity index (χ0n) is 15.3. The van der Waals surface area contributed by atoms with E-state index in [0.29, 0.717) is 6.42 Å². The van der Waals surface area contributed by atoms with Crippen LogP contribution in [0.4, 0.5) is 0 Å². The maximum absolute atomic E-state index is 12.6. The number of hydrogen-bond acceptors (Lipinski definition) is 5. The van der Waals surface area contributed by atoms with Gasteiger partial charge in [-0.1, -0.05) is 18.2 Å². The summed E-state index contributed by atoms with van der Waals surface area (Å²) in [4.78, 5) is 16.2. The first kappa shape index (κ1) is 18.9. The largest absolute Gasteiger partial charge is 0.497 e. The Morgan fingerprint density at radius 2 is 2.00 bits per heavy atom. The van der Waals surface area contributed by atoms with Crippen LogP contribution in [0.25, 0.3) is 0 Å². The molecule has 2 aromatic rings. The van der Waals surface area contributed by atoms with Crippen molar-refractivity contribution in [3.63, 3.8) is 0 Å². The number of ether oxygens (including phenoxy) is 2. The van der Waals surface area contributed by atoms with Crippen molar-refractivity contribution < 1.29 is 14.3 Å². The minimum absolute atomic E-state index is 0.0255. The minimum Gasteiger partial charge on any atom is -0.497 e. The summed E-state index contributed by atoms with van der Waals surface area (Å²) in [7, 11) is 1.64. The van der Waals surface area contributed by atoms with Crippen LogP contribution in [0.15, 0.2) is 41.8 Å². The van der Waals surface area contributed by atoms with Crippen molar-refractivity contribution in [3.05, 3.63) is 52.2 Å². The lowest BCUT2D eigenvalue weighted by Crippen LogP contribution is -2.48. The number of thiophene rings is 1. The number of morpholine rings is 1. The Morgan fingerprint density at radius 3 is 2.62 bits per heavy atom. The summed E-state index contributed by atoms with van der Waals surface area (Å²) in [5, 5.41) is 5.29. The lowest BCUT2D eigenvalue weighted by atomic mass is 10.0. The van der Waals surface area contributed by atoms with Crippen molar-refractivity contribution in [2.24, 2.45) is 0 Å². The van der Waals surface area contributed by atoms with Crippen LogP contribution in [0.2, 0.25) is 0 Å². The third kappa shape index (κ3) is 4.84. The second-order valence-electron chi connectivity index (χ2n) is 6.49. The molecule has 0 radical (unpaired) electrons. The zero-order valence-corrected chi connectivity index (χ0v) is 16.1. The third-order valence-electron chi connectivity index (χ3n) is 4.66. The van der Waals surface area contributed by atoms with Crippen molar-refractivity contribution >= 4 is 17.2 Å². The Morgan fingerprint density at radius 1 is 1.27 bits per heavy atom. The molecule has 3 rings (SSSR count). The van der Waals surface area contributed by atoms with E-state index in [4.69, 9.17) is 9.47 Å². The standard InChI is InChI=1S/C20H26N2O3S/c1-15(21-19(23)14-16-5-7-17(24-2)8-6-16)20(18-4-3-13-26-18)22-9-11-25-12-10-22/h3-8,13,15,20H,9-12,14H2,1-2H3,(H,21,23)/t15-,20+/m0/s1. The minimum atomic E-state index is 0.0255. The molecule has 1 fully saturated rings. The van der Waals surface area contributed by atoms with Crippen LogP contribution in [0.1, 0.15) is 23.4 Å². The molecule has 1 N–H and O–H groups in total. The molecular formula is C20H26N2O3S. The molecule has 1 aliphatic heterocycles. The van der Waals surface area contributed by atoms with Gasteiger partial charge in [-0.15, -0.1) is 11.3 Å². The Hall–Kier alpha value is -1.89. The van der Waals surface area contributed by atoms with Gasteiger partial charge in [0.1, 0.15) is 5.75 Å². The second kappa shape index (κ2) is 9.16. The molecule has 0 unspecified atom stereocenters. The molecule has 0 aliphatic carbocycles. The predicted octanol–water partition coefficient (Wildman–Crippen LogP) is 2.88. The third-order valence-corrected chi connectivity index (χ3v) is 5.60. The molecule has 1 amide bonds. The number of methoxy groups -OCH3 is 1. The number of nitrogens with zero attached hydrogens (tertiary/aromatic N) is 1. The molecule has 0 saturated carbocycles. The molecule has 6 heteroatoms. The van der Waals surface area contributed by atoms with Gasteiger partial charge in [0.25, 0.3) is 0 Å². The average Bonchev–Trinajstić information content (AvgIpc) is 3.17. The Balaban J connectivity index is 1.64. The van der Waals surface area contributed by atoms with E-state index in [1.54, 1.807) is 18.4 Å². The summed E-state index contributed by atoms with van der Waals surface area (Å²) in [5.41, 5.74) is 0.981. The predicted molar refractivity (Wildman–Crippen MR) is 104 cm³/mol. The fourth-order valence-electron chi connectivity index (χ4n) is 3.37. The fourth-order valence-corrected chi connectivity index (χ4v) is 4.33. The first-order chi connectivity index (χ1) is 12.7. The molecule has 26 heavy (non-hydrogen) atoms. The molecule has 2 heterocycles. The topological polar surface area (TPSA) is 50.8 Å². The van der Waals surface area contributed by atoms with Gasteiger partial charge in [-0.2, -0.15) is 0 Å². The number of benzene rings is 1. The summed E-state index contributed by atoms with van der Waals surface area (Å²) < 4.78 is 10.7. The molecule has 1 saturated heterocycles. The first-order valence-electron chi connectivity index (χ1n) is 8.95. The van der Waals surface area contributed by atoms with Crippen molar-refractivity contribution in [1.29, 1.82) is 0 Å². The molecule has 140 valence electrons. The van der Waals surface area contributed by atoms with Crippen LogP contribution in [-0.4, -0.2) is 50.3 Å². The number of amides is 1. The molecule has 1 aromatic carbocycles. The fraction of sp³-hybridized carbons (Fsp3) is 0.450. The molecule has 5 nitrogen and oxygen atoms in total. The maximum atomic E-state index is 12.6. The van der Waals surface area contributed by atoms with Gasteiger partial charge in [0.05, 0.1) is 32.8 Å². The van der Waals surface area contributed by atoms with Gasteiger partial charge in [0.2, 0.25) is 5.91 Å². The number of carbonyl (C=O) groups excluding carboxylic acids is 1. The molecule has 0 spiro atoms. The van der Waals surface area contributed by atoms with E-state index in [0.717, 1.165) is 37.6 Å². The van der Waals surface area contributed by atoms with Gasteiger partial charge in [0.15, 0.2) is 0 Å². The van der Waals surface area contributed by atoms with Crippen molar-refractivity contribution in [1.82, 2.24) is 10.2 Å². The summed E-state index contributed by atoms with van der Waals surface area (Å²) in [6.07, 6.45) is 0.370. The van der Waals surface area contributed by atoms with Crippen molar-refractivity contribution in [3.8, 4) is 5.75 Å². The van der Waals surface area contributed by atoms with E-state index in [2.05, 4.69) is 34.7 Å². The number of hydrogen-bond donors (Lipinski definition) is 1. The van der Waals surface area contributed by atoms with Gasteiger partial charge in [0, 0.05) is 24.0 Å². The van der Waals surface area contributed by atoms with E-state index in [-0.39, 0.29) is 18.0 Å². The molecule has 2 atom stereocenters. The van der Waals surface area contributed by atoms with Crippen LogP contribution in [-0.2, 0) is 16.0 Å². The van der Waals surface area contributed by atoms with Crippen LogP contribution in [0.3, 0.4) is 0 Å². The van der Waals surface area contributed by atoms with Gasteiger partial charge < -0.3 is 14.8 Å². The van der Waals surface area contributed by atoms with Crippen LogP contribution >= 0.6 is 11.3 Å². The highest BCUT2D eigenvalue weighted by Crippen LogP contribution is 2.29. The van der Waals surface area contributed by atoms with E-state index in [1.807, 2.05) is 24.3 Å². The Bertz CT molecular complexity index is 682. The normalized spacial score (nSPS) is 17.5. The summed E-state index contributed by atoms with van der Waals surface area (Å²) >= 11 is 1.74. The molecule has 0 bridgehead atoms. The first-order valence-corrected chi connectivity index (χ1v) is 9.83. The SMILES string of the molecule is COc1ccc(CC(=O)N[C@@H](C)[C@H](c2cccs2)N2CCOCC2)cc1. The van der Waals surface area contributed by atoms with E-state index < -0.39 is 0 Å².